The molecule has 7 heteroatoms. The lowest BCUT2D eigenvalue weighted by Gasteiger charge is -2.26. The van der Waals surface area contributed by atoms with Gasteiger partial charge in [0.2, 0.25) is 15.9 Å². The number of carbonyl (C=O) groups excluding carboxylic acids is 1. The van der Waals surface area contributed by atoms with Crippen LogP contribution in [0, 0.1) is 0 Å². The van der Waals surface area contributed by atoms with E-state index in [4.69, 9.17) is 11.6 Å². The molecule has 0 atom stereocenters. The molecular formula is C15H19ClN2O3S. The second-order valence-corrected chi connectivity index (χ2v) is 8.11. The smallest absolute Gasteiger partial charge is 0.244 e. The zero-order valence-corrected chi connectivity index (χ0v) is 14.1. The third-order valence-electron chi connectivity index (χ3n) is 4.34. The molecule has 120 valence electrons. The van der Waals surface area contributed by atoms with E-state index < -0.39 is 10.0 Å². The first-order chi connectivity index (χ1) is 10.4. The van der Waals surface area contributed by atoms with E-state index in [2.05, 4.69) is 0 Å². The SMILES string of the molecule is CC(=O)N1CCc2cc(Cl)c(S(=O)(=O)N3CCCCC3)cc21. The maximum Gasteiger partial charge on any atom is 0.244 e. The Labute approximate surface area is 135 Å². The fourth-order valence-electron chi connectivity index (χ4n) is 3.16. The highest BCUT2D eigenvalue weighted by Crippen LogP contribution is 2.36. The van der Waals surface area contributed by atoms with Crippen molar-refractivity contribution in [3.63, 3.8) is 0 Å². The number of amides is 1. The number of rotatable bonds is 2. The number of anilines is 1. The molecule has 0 aliphatic carbocycles. The molecule has 5 nitrogen and oxygen atoms in total. The third kappa shape index (κ3) is 2.64. The molecule has 1 aromatic carbocycles. The minimum Gasteiger partial charge on any atom is -0.312 e. The number of sulfonamides is 1. The zero-order chi connectivity index (χ0) is 15.9. The molecule has 0 N–H and O–H groups in total. The van der Waals surface area contributed by atoms with Crippen LogP contribution in [-0.2, 0) is 21.2 Å². The van der Waals surface area contributed by atoms with Gasteiger partial charge < -0.3 is 4.90 Å². The van der Waals surface area contributed by atoms with Crippen LogP contribution in [0.1, 0.15) is 31.7 Å². The van der Waals surface area contributed by atoms with Crippen molar-refractivity contribution in [2.75, 3.05) is 24.5 Å². The van der Waals surface area contributed by atoms with Gasteiger partial charge in [-0.3, -0.25) is 4.79 Å². The fraction of sp³-hybridized carbons (Fsp3) is 0.533. The molecule has 0 saturated carbocycles. The molecule has 3 rings (SSSR count). The Morgan fingerprint density at radius 3 is 2.45 bits per heavy atom. The first-order valence-electron chi connectivity index (χ1n) is 7.52. The topological polar surface area (TPSA) is 57.7 Å². The number of piperidine rings is 1. The van der Waals surface area contributed by atoms with E-state index in [1.807, 2.05) is 0 Å². The first-order valence-corrected chi connectivity index (χ1v) is 9.34. The maximum absolute atomic E-state index is 12.8. The Balaban J connectivity index is 2.04. The summed E-state index contributed by atoms with van der Waals surface area (Å²) in [6, 6.07) is 3.26. The van der Waals surface area contributed by atoms with E-state index in [1.54, 1.807) is 17.0 Å². The van der Waals surface area contributed by atoms with Crippen LogP contribution in [0.3, 0.4) is 0 Å². The summed E-state index contributed by atoms with van der Waals surface area (Å²) < 4.78 is 27.1. The van der Waals surface area contributed by atoms with E-state index in [0.29, 0.717) is 31.7 Å². The summed E-state index contributed by atoms with van der Waals surface area (Å²) >= 11 is 6.23. The lowest BCUT2D eigenvalue weighted by molar-refractivity contribution is -0.116. The number of halogens is 1. The standard InChI is InChI=1S/C15H19ClN2O3S/c1-11(19)18-8-5-12-9-13(16)15(10-14(12)18)22(20,21)17-6-3-2-4-7-17/h9-10H,2-8H2,1H3. The normalized spacial score (nSPS) is 19.3. The van der Waals surface area contributed by atoms with Crippen LogP contribution in [0.5, 0.6) is 0 Å². The van der Waals surface area contributed by atoms with E-state index in [9.17, 15) is 13.2 Å². The summed E-state index contributed by atoms with van der Waals surface area (Å²) in [6.07, 6.45) is 3.52. The van der Waals surface area contributed by atoms with Gasteiger partial charge in [0.25, 0.3) is 0 Å². The van der Waals surface area contributed by atoms with Crippen LogP contribution in [0.2, 0.25) is 5.02 Å². The maximum atomic E-state index is 12.8. The van der Waals surface area contributed by atoms with E-state index in [0.717, 1.165) is 24.8 Å². The van der Waals surface area contributed by atoms with Gasteiger partial charge in [-0.25, -0.2) is 8.42 Å². The molecule has 1 saturated heterocycles. The molecule has 2 aliphatic heterocycles. The average Bonchev–Trinajstić information content (AvgIpc) is 2.90. The molecule has 2 heterocycles. The van der Waals surface area contributed by atoms with Gasteiger partial charge in [0.05, 0.1) is 5.02 Å². The lowest BCUT2D eigenvalue weighted by Crippen LogP contribution is -2.36. The van der Waals surface area contributed by atoms with Gasteiger partial charge in [0.15, 0.2) is 0 Å². The molecular weight excluding hydrogens is 324 g/mol. The number of benzene rings is 1. The van der Waals surface area contributed by atoms with Gasteiger partial charge in [0.1, 0.15) is 4.90 Å². The van der Waals surface area contributed by atoms with Crippen LogP contribution in [0.4, 0.5) is 5.69 Å². The zero-order valence-electron chi connectivity index (χ0n) is 12.5. The highest BCUT2D eigenvalue weighted by atomic mass is 35.5. The monoisotopic (exact) mass is 342 g/mol. The summed E-state index contributed by atoms with van der Waals surface area (Å²) in [6.45, 7) is 3.13. The van der Waals surface area contributed by atoms with Crippen molar-refractivity contribution < 1.29 is 13.2 Å². The van der Waals surface area contributed by atoms with Crippen molar-refractivity contribution in [1.82, 2.24) is 4.31 Å². The predicted molar refractivity (Wildman–Crippen MR) is 85.8 cm³/mol. The van der Waals surface area contributed by atoms with Crippen molar-refractivity contribution in [2.24, 2.45) is 0 Å². The van der Waals surface area contributed by atoms with Crippen LogP contribution in [-0.4, -0.2) is 38.3 Å². The summed E-state index contributed by atoms with van der Waals surface area (Å²) in [7, 11) is -3.60. The Bertz CT molecular complexity index is 712. The Morgan fingerprint density at radius 1 is 1.14 bits per heavy atom. The van der Waals surface area contributed by atoms with Crippen molar-refractivity contribution in [2.45, 2.75) is 37.5 Å². The molecule has 2 aliphatic rings. The molecule has 1 aromatic rings. The molecule has 1 fully saturated rings. The Morgan fingerprint density at radius 2 is 1.82 bits per heavy atom. The second-order valence-electron chi connectivity index (χ2n) is 5.80. The minimum atomic E-state index is -3.60. The largest absolute Gasteiger partial charge is 0.312 e. The number of nitrogens with zero attached hydrogens (tertiary/aromatic N) is 2. The van der Waals surface area contributed by atoms with Gasteiger partial charge in [0, 0.05) is 32.2 Å². The highest BCUT2D eigenvalue weighted by molar-refractivity contribution is 7.89. The van der Waals surface area contributed by atoms with Gasteiger partial charge in [-0.1, -0.05) is 18.0 Å². The first kappa shape index (κ1) is 15.8. The number of hydrogen-bond acceptors (Lipinski definition) is 3. The molecule has 0 bridgehead atoms. The average molecular weight is 343 g/mol. The van der Waals surface area contributed by atoms with Gasteiger partial charge in [-0.2, -0.15) is 4.31 Å². The number of carbonyl (C=O) groups is 1. The van der Waals surface area contributed by atoms with Crippen LogP contribution in [0.15, 0.2) is 17.0 Å². The quantitative estimate of drug-likeness (QED) is 0.829. The summed E-state index contributed by atoms with van der Waals surface area (Å²) in [5, 5.41) is 0.245. The molecule has 0 radical (unpaired) electrons. The second kappa shape index (κ2) is 5.83. The van der Waals surface area contributed by atoms with Gasteiger partial charge in [-0.15, -0.1) is 0 Å². The van der Waals surface area contributed by atoms with Crippen molar-refractivity contribution in [3.05, 3.63) is 22.7 Å². The van der Waals surface area contributed by atoms with Crippen LogP contribution >= 0.6 is 11.6 Å². The summed E-state index contributed by atoms with van der Waals surface area (Å²) in [5.74, 6) is -0.0811. The van der Waals surface area contributed by atoms with Crippen molar-refractivity contribution in [1.29, 1.82) is 0 Å². The Hall–Kier alpha value is -1.11. The summed E-state index contributed by atoms with van der Waals surface area (Å²) in [5.41, 5.74) is 1.60. The predicted octanol–water partition coefficient (Wildman–Crippen LogP) is 2.42. The highest BCUT2D eigenvalue weighted by Gasteiger charge is 2.31. The minimum absolute atomic E-state index is 0.0811. The van der Waals surface area contributed by atoms with Gasteiger partial charge >= 0.3 is 0 Å². The van der Waals surface area contributed by atoms with E-state index in [-0.39, 0.29) is 15.8 Å². The van der Waals surface area contributed by atoms with Crippen molar-refractivity contribution in [3.8, 4) is 0 Å². The van der Waals surface area contributed by atoms with Gasteiger partial charge in [-0.05, 0) is 37.0 Å². The lowest BCUT2D eigenvalue weighted by atomic mass is 10.2. The van der Waals surface area contributed by atoms with Crippen LogP contribution < -0.4 is 4.90 Å². The van der Waals surface area contributed by atoms with Crippen LogP contribution in [0.25, 0.3) is 0 Å². The van der Waals surface area contributed by atoms with E-state index >= 15 is 0 Å². The molecule has 1 amide bonds. The fourth-order valence-corrected chi connectivity index (χ4v) is 5.22. The third-order valence-corrected chi connectivity index (χ3v) is 6.70. The molecule has 22 heavy (non-hydrogen) atoms. The van der Waals surface area contributed by atoms with E-state index in [1.165, 1.54) is 11.2 Å². The number of fused-ring (bicyclic) bond motifs is 1. The summed E-state index contributed by atoms with van der Waals surface area (Å²) in [4.78, 5) is 13.4. The molecule has 0 spiro atoms. The van der Waals surface area contributed by atoms with Crippen molar-refractivity contribution >= 4 is 33.2 Å². The Kier molecular flexibility index (Phi) is 4.18. The molecule has 0 aromatic heterocycles. The molecule has 0 unspecified atom stereocenters. The number of hydrogen-bond donors (Lipinski definition) is 0.